The Labute approximate surface area is 369 Å². The summed E-state index contributed by atoms with van der Waals surface area (Å²) in [6, 6.07) is 6.36. The number of hydrogen-bond acceptors (Lipinski definition) is 13. The molecule has 0 radical (unpaired) electrons. The fourth-order valence-corrected chi connectivity index (χ4v) is 7.55. The highest BCUT2D eigenvalue weighted by molar-refractivity contribution is 5.75. The van der Waals surface area contributed by atoms with Gasteiger partial charge in [0.1, 0.15) is 16.8 Å². The molecule has 1 aliphatic rings. The first-order valence-corrected chi connectivity index (χ1v) is 22.4. The number of ether oxygens (including phenoxy) is 3. The Bertz CT molecular complexity index is 1470. The number of nitro groups is 1. The van der Waals surface area contributed by atoms with E-state index in [2.05, 4.69) is 61.1 Å². The first-order chi connectivity index (χ1) is 27.8. The van der Waals surface area contributed by atoms with Crippen molar-refractivity contribution in [2.24, 2.45) is 10.8 Å². The number of carbonyl (C=O) groups is 3. The summed E-state index contributed by atoms with van der Waals surface area (Å²) in [6.07, 6.45) is 2.01. The smallest absolute Gasteiger partial charge is 0.320 e. The summed E-state index contributed by atoms with van der Waals surface area (Å²) in [5.41, 5.74) is -0.697. The molecule has 0 saturated carbocycles. The number of hydrogen-bond donors (Lipinski definition) is 0. The van der Waals surface area contributed by atoms with Crippen molar-refractivity contribution in [3.05, 3.63) is 39.9 Å². The predicted octanol–water partition coefficient (Wildman–Crippen LogP) is 6.93. The number of nitrogens with zero attached hydrogens (tertiary/aromatic N) is 6. The number of aryl methyl sites for hydroxylation is 1. The van der Waals surface area contributed by atoms with Gasteiger partial charge in [-0.15, -0.1) is 0 Å². The molecular weight excluding hydrogens is 777 g/mol. The molecule has 14 nitrogen and oxygen atoms in total. The van der Waals surface area contributed by atoms with Gasteiger partial charge in [0.15, 0.2) is 0 Å². The molecule has 0 amide bonds. The molecule has 1 aromatic carbocycles. The van der Waals surface area contributed by atoms with E-state index >= 15 is 0 Å². The number of nitro benzene ring substituents is 1. The number of benzene rings is 1. The maximum Gasteiger partial charge on any atom is 0.320 e. The zero-order valence-corrected chi connectivity index (χ0v) is 40.9. The second-order valence-corrected chi connectivity index (χ2v) is 22.4. The van der Waals surface area contributed by atoms with E-state index in [-0.39, 0.29) is 48.2 Å². The standard InChI is InChI=1S/C47H84N6O8/c1-43(2,3)35-51(36-44(4,5)6)30-25-48-23-26-49(28-29-50(27-24-48)32-40(54)59-45(7,8)9)31-39(18-16-17-37-19-21-38(22-20-37)53(57)58)52(33-41(55)60-46(10,11)12)34-42(56)61-47(13,14)15/h19-22,39H,16-18,23-36H2,1-15H3. The van der Waals surface area contributed by atoms with E-state index in [1.807, 2.05) is 67.2 Å². The highest BCUT2D eigenvalue weighted by Gasteiger charge is 2.31. The lowest BCUT2D eigenvalue weighted by atomic mass is 9.92. The van der Waals surface area contributed by atoms with Crippen LogP contribution in [-0.2, 0) is 35.0 Å². The van der Waals surface area contributed by atoms with Crippen LogP contribution in [-0.4, -0.2) is 162 Å². The second-order valence-electron chi connectivity index (χ2n) is 22.4. The summed E-state index contributed by atoms with van der Waals surface area (Å²) >= 11 is 0. The van der Waals surface area contributed by atoms with Crippen molar-refractivity contribution < 1.29 is 33.5 Å². The Balaban J connectivity index is 2.51. The number of rotatable bonds is 19. The third kappa shape index (κ3) is 25.5. The molecule has 0 spiro atoms. The zero-order valence-electron chi connectivity index (χ0n) is 40.9. The summed E-state index contributed by atoms with van der Waals surface area (Å²) in [6.45, 7) is 39.0. The maximum atomic E-state index is 13.5. The van der Waals surface area contributed by atoms with E-state index in [9.17, 15) is 24.5 Å². The molecule has 1 fully saturated rings. The Kier molecular flexibility index (Phi) is 20.8. The Morgan fingerprint density at radius 3 is 1.51 bits per heavy atom. The molecule has 1 aromatic rings. The van der Waals surface area contributed by atoms with Crippen molar-refractivity contribution in [2.75, 3.05) is 91.6 Å². The van der Waals surface area contributed by atoms with E-state index < -0.39 is 33.7 Å². The van der Waals surface area contributed by atoms with Gasteiger partial charge in [-0.3, -0.25) is 44.1 Å². The van der Waals surface area contributed by atoms with Crippen LogP contribution in [0.15, 0.2) is 24.3 Å². The molecule has 0 bridgehead atoms. The highest BCUT2D eigenvalue weighted by atomic mass is 16.6. The van der Waals surface area contributed by atoms with E-state index in [1.165, 1.54) is 12.1 Å². The monoisotopic (exact) mass is 861 g/mol. The molecule has 0 aromatic heterocycles. The van der Waals surface area contributed by atoms with Gasteiger partial charge in [-0.25, -0.2) is 0 Å². The van der Waals surface area contributed by atoms with E-state index in [4.69, 9.17) is 14.2 Å². The van der Waals surface area contributed by atoms with Crippen molar-refractivity contribution in [1.29, 1.82) is 0 Å². The van der Waals surface area contributed by atoms with Crippen LogP contribution in [0.4, 0.5) is 5.69 Å². The average molecular weight is 861 g/mol. The van der Waals surface area contributed by atoms with E-state index in [1.54, 1.807) is 12.1 Å². The molecule has 350 valence electrons. The van der Waals surface area contributed by atoms with Gasteiger partial charge in [0, 0.05) is 90.2 Å². The number of esters is 3. The van der Waals surface area contributed by atoms with Gasteiger partial charge in [0.05, 0.1) is 24.6 Å². The molecule has 14 heteroatoms. The van der Waals surface area contributed by atoms with Gasteiger partial charge < -0.3 is 19.1 Å². The van der Waals surface area contributed by atoms with Gasteiger partial charge in [0.25, 0.3) is 5.69 Å². The van der Waals surface area contributed by atoms with Crippen LogP contribution < -0.4 is 0 Å². The Hall–Kier alpha value is -3.17. The van der Waals surface area contributed by atoms with Gasteiger partial charge in [0.2, 0.25) is 0 Å². The molecule has 0 aliphatic carbocycles. The van der Waals surface area contributed by atoms with Gasteiger partial charge in [-0.05, 0) is 98.0 Å². The zero-order chi connectivity index (χ0) is 46.4. The van der Waals surface area contributed by atoms with Crippen molar-refractivity contribution in [1.82, 2.24) is 24.5 Å². The SMILES string of the molecule is CC(C)(C)CN(CCN1CCN(CC(=O)OC(C)(C)C)CCN(CC(CCCc2ccc([N+](=O)[O-])cc2)N(CC(=O)OC(C)(C)C)CC(=O)OC(C)(C)C)CC1)CC(C)(C)C. The van der Waals surface area contributed by atoms with Crippen molar-refractivity contribution in [2.45, 2.75) is 146 Å². The molecule has 1 heterocycles. The Morgan fingerprint density at radius 2 is 1.08 bits per heavy atom. The number of carbonyl (C=O) groups excluding carboxylic acids is 3. The minimum atomic E-state index is -0.711. The molecule has 1 saturated heterocycles. The van der Waals surface area contributed by atoms with Crippen molar-refractivity contribution >= 4 is 23.6 Å². The topological polar surface area (TPSA) is 138 Å². The summed E-state index contributed by atoms with van der Waals surface area (Å²) in [4.78, 5) is 62.7. The molecule has 1 atom stereocenters. The lowest BCUT2D eigenvalue weighted by Gasteiger charge is -2.37. The lowest BCUT2D eigenvalue weighted by Crippen LogP contribution is -2.51. The minimum Gasteiger partial charge on any atom is -0.459 e. The molecule has 1 aliphatic heterocycles. The molecule has 1 unspecified atom stereocenters. The highest BCUT2D eigenvalue weighted by Crippen LogP contribution is 2.22. The maximum absolute atomic E-state index is 13.5. The van der Waals surface area contributed by atoms with Gasteiger partial charge in [-0.1, -0.05) is 53.7 Å². The molecule has 2 rings (SSSR count). The van der Waals surface area contributed by atoms with Crippen LogP contribution in [0.3, 0.4) is 0 Å². The molecule has 0 N–H and O–H groups in total. The van der Waals surface area contributed by atoms with Crippen LogP contribution >= 0.6 is 0 Å². The van der Waals surface area contributed by atoms with Gasteiger partial charge in [-0.2, -0.15) is 0 Å². The van der Waals surface area contributed by atoms with E-state index in [0.717, 1.165) is 51.4 Å². The normalized spacial score (nSPS) is 16.5. The first-order valence-electron chi connectivity index (χ1n) is 22.4. The third-order valence-electron chi connectivity index (χ3n) is 9.74. The third-order valence-corrected chi connectivity index (χ3v) is 9.74. The largest absolute Gasteiger partial charge is 0.459 e. The van der Waals surface area contributed by atoms with Crippen LogP contribution in [0.1, 0.15) is 122 Å². The predicted molar refractivity (Wildman–Crippen MR) is 244 cm³/mol. The Morgan fingerprint density at radius 1 is 0.656 bits per heavy atom. The average Bonchev–Trinajstić information content (AvgIpc) is 3.13. The van der Waals surface area contributed by atoms with Crippen LogP contribution in [0, 0.1) is 20.9 Å². The fraction of sp³-hybridized carbons (Fsp3) is 0.809. The van der Waals surface area contributed by atoms with Gasteiger partial charge >= 0.3 is 17.9 Å². The van der Waals surface area contributed by atoms with Crippen LogP contribution in [0.2, 0.25) is 0 Å². The summed E-state index contributed by atoms with van der Waals surface area (Å²) in [5, 5.41) is 11.3. The van der Waals surface area contributed by atoms with Crippen molar-refractivity contribution in [3.63, 3.8) is 0 Å². The number of non-ortho nitro benzene ring substituents is 1. The van der Waals surface area contributed by atoms with Crippen molar-refractivity contribution in [3.8, 4) is 0 Å². The minimum absolute atomic E-state index is 0.0430. The first kappa shape index (κ1) is 54.0. The lowest BCUT2D eigenvalue weighted by molar-refractivity contribution is -0.384. The second kappa shape index (κ2) is 23.5. The van der Waals surface area contributed by atoms with Crippen LogP contribution in [0.25, 0.3) is 0 Å². The van der Waals surface area contributed by atoms with Crippen LogP contribution in [0.5, 0.6) is 0 Å². The molecule has 61 heavy (non-hydrogen) atoms. The molecular formula is C47H84N6O8. The fourth-order valence-electron chi connectivity index (χ4n) is 7.55. The van der Waals surface area contributed by atoms with E-state index in [0.29, 0.717) is 45.4 Å². The summed E-state index contributed by atoms with van der Waals surface area (Å²) in [5.74, 6) is -1.10. The summed E-state index contributed by atoms with van der Waals surface area (Å²) < 4.78 is 17.3. The summed E-state index contributed by atoms with van der Waals surface area (Å²) in [7, 11) is 0. The quantitative estimate of drug-likeness (QED) is 0.0616.